The molecule has 2 saturated heterocycles. The highest BCUT2D eigenvalue weighted by molar-refractivity contribution is 5.92. The molecule has 0 saturated carbocycles. The van der Waals surface area contributed by atoms with E-state index in [2.05, 4.69) is 4.90 Å². The standard InChI is InChI=1S/C18H25N3O4/c1-20-13-18(25-17(20)23)7-10-21(11-8-18)9-2-12-24-15-5-3-14(4-6-15)16(19)22/h3-6H,2,7-13H2,1H3,(H2,19,22). The summed E-state index contributed by atoms with van der Waals surface area (Å²) >= 11 is 0. The zero-order valence-electron chi connectivity index (χ0n) is 14.6. The van der Waals surface area contributed by atoms with Crippen LogP contribution in [0.25, 0.3) is 0 Å². The minimum atomic E-state index is -0.437. The summed E-state index contributed by atoms with van der Waals surface area (Å²) < 4.78 is 11.3. The number of carbonyl (C=O) groups excluding carboxylic acids is 2. The van der Waals surface area contributed by atoms with Crippen LogP contribution >= 0.6 is 0 Å². The molecule has 1 aromatic carbocycles. The van der Waals surface area contributed by atoms with Crippen molar-refractivity contribution in [3.8, 4) is 5.75 Å². The zero-order valence-corrected chi connectivity index (χ0v) is 14.6. The molecule has 0 atom stereocenters. The van der Waals surface area contributed by atoms with Crippen LogP contribution in [0.15, 0.2) is 24.3 Å². The molecule has 25 heavy (non-hydrogen) atoms. The number of hydrogen-bond acceptors (Lipinski definition) is 5. The first-order valence-corrected chi connectivity index (χ1v) is 8.67. The molecule has 1 aromatic rings. The number of amides is 2. The Morgan fingerprint density at radius 3 is 2.52 bits per heavy atom. The predicted molar refractivity (Wildman–Crippen MR) is 92.6 cm³/mol. The van der Waals surface area contributed by atoms with E-state index in [1.54, 1.807) is 36.2 Å². The van der Waals surface area contributed by atoms with Gasteiger partial charge >= 0.3 is 6.09 Å². The van der Waals surface area contributed by atoms with Gasteiger partial charge in [0.05, 0.1) is 13.2 Å². The summed E-state index contributed by atoms with van der Waals surface area (Å²) in [7, 11) is 1.79. The molecule has 2 heterocycles. The fraction of sp³-hybridized carbons (Fsp3) is 0.556. The molecule has 0 aliphatic carbocycles. The van der Waals surface area contributed by atoms with Gasteiger partial charge in [-0.25, -0.2) is 4.79 Å². The fourth-order valence-corrected chi connectivity index (χ4v) is 3.43. The van der Waals surface area contributed by atoms with Gasteiger partial charge in [-0.3, -0.25) is 4.79 Å². The van der Waals surface area contributed by atoms with Crippen LogP contribution in [0.3, 0.4) is 0 Å². The molecule has 2 aliphatic rings. The van der Waals surface area contributed by atoms with E-state index < -0.39 is 5.91 Å². The van der Waals surface area contributed by atoms with Gasteiger partial charge in [0.25, 0.3) is 0 Å². The maximum absolute atomic E-state index is 11.6. The Labute approximate surface area is 147 Å². The van der Waals surface area contributed by atoms with Crippen LogP contribution in [0.1, 0.15) is 29.6 Å². The number of piperidine rings is 1. The molecule has 2 fully saturated rings. The van der Waals surface area contributed by atoms with E-state index in [-0.39, 0.29) is 11.7 Å². The third kappa shape index (κ3) is 4.22. The fourth-order valence-electron chi connectivity index (χ4n) is 3.43. The quantitative estimate of drug-likeness (QED) is 0.788. The minimum absolute atomic E-state index is 0.204. The summed E-state index contributed by atoms with van der Waals surface area (Å²) in [6.45, 7) is 4.15. The Morgan fingerprint density at radius 1 is 1.28 bits per heavy atom. The van der Waals surface area contributed by atoms with Crippen molar-refractivity contribution in [2.45, 2.75) is 24.9 Å². The second-order valence-corrected chi connectivity index (χ2v) is 6.84. The molecule has 0 radical (unpaired) electrons. The monoisotopic (exact) mass is 347 g/mol. The molecule has 7 nitrogen and oxygen atoms in total. The van der Waals surface area contributed by atoms with Crippen molar-refractivity contribution in [2.24, 2.45) is 5.73 Å². The summed E-state index contributed by atoms with van der Waals surface area (Å²) in [4.78, 5) is 26.6. The largest absolute Gasteiger partial charge is 0.494 e. The van der Waals surface area contributed by atoms with Crippen molar-refractivity contribution in [2.75, 3.05) is 39.8 Å². The van der Waals surface area contributed by atoms with E-state index in [0.29, 0.717) is 18.7 Å². The molecule has 136 valence electrons. The van der Waals surface area contributed by atoms with E-state index in [1.165, 1.54) is 0 Å². The molecule has 2 N–H and O–H groups in total. The van der Waals surface area contributed by atoms with Gasteiger partial charge in [0, 0.05) is 45.1 Å². The topological polar surface area (TPSA) is 85.1 Å². The van der Waals surface area contributed by atoms with Gasteiger partial charge in [0.1, 0.15) is 11.4 Å². The van der Waals surface area contributed by atoms with Gasteiger partial charge in [-0.05, 0) is 30.7 Å². The summed E-state index contributed by atoms with van der Waals surface area (Å²) in [5.41, 5.74) is 5.41. The number of rotatable bonds is 6. The minimum Gasteiger partial charge on any atom is -0.494 e. The number of ether oxygens (including phenoxy) is 2. The lowest BCUT2D eigenvalue weighted by molar-refractivity contribution is -0.0000250. The molecule has 0 unspecified atom stereocenters. The van der Waals surface area contributed by atoms with Gasteiger partial charge in [0.2, 0.25) is 5.91 Å². The summed E-state index contributed by atoms with van der Waals surface area (Å²) in [6.07, 6.45) is 2.49. The zero-order chi connectivity index (χ0) is 17.9. The van der Waals surface area contributed by atoms with Gasteiger partial charge in [-0.1, -0.05) is 0 Å². The smallest absolute Gasteiger partial charge is 0.410 e. The van der Waals surface area contributed by atoms with Gasteiger partial charge in [-0.15, -0.1) is 0 Å². The average Bonchev–Trinajstić information content (AvgIpc) is 2.87. The van der Waals surface area contributed by atoms with E-state index in [1.807, 2.05) is 0 Å². The number of nitrogens with two attached hydrogens (primary N) is 1. The lowest BCUT2D eigenvalue weighted by Crippen LogP contribution is -2.47. The number of hydrogen-bond donors (Lipinski definition) is 1. The van der Waals surface area contributed by atoms with Crippen molar-refractivity contribution in [3.05, 3.63) is 29.8 Å². The van der Waals surface area contributed by atoms with Gasteiger partial charge in [-0.2, -0.15) is 0 Å². The first-order valence-electron chi connectivity index (χ1n) is 8.67. The number of likely N-dealkylation sites (tertiary alicyclic amines) is 1. The number of likely N-dealkylation sites (N-methyl/N-ethyl adjacent to an activating group) is 1. The van der Waals surface area contributed by atoms with Crippen molar-refractivity contribution >= 4 is 12.0 Å². The highest BCUT2D eigenvalue weighted by atomic mass is 16.6. The molecule has 3 rings (SSSR count). The molecule has 2 aliphatic heterocycles. The molecular weight excluding hydrogens is 322 g/mol. The lowest BCUT2D eigenvalue weighted by Gasteiger charge is -2.37. The average molecular weight is 347 g/mol. The Kier molecular flexibility index (Phi) is 5.13. The van der Waals surface area contributed by atoms with Crippen LogP contribution in [-0.4, -0.2) is 67.2 Å². The maximum Gasteiger partial charge on any atom is 0.410 e. The van der Waals surface area contributed by atoms with Crippen molar-refractivity contribution in [1.82, 2.24) is 9.80 Å². The summed E-state index contributed by atoms with van der Waals surface area (Å²) in [5, 5.41) is 0. The summed E-state index contributed by atoms with van der Waals surface area (Å²) in [5.74, 6) is 0.303. The van der Waals surface area contributed by atoms with E-state index in [9.17, 15) is 9.59 Å². The molecule has 1 spiro atoms. The molecule has 0 aromatic heterocycles. The number of primary amides is 1. The van der Waals surface area contributed by atoms with Crippen molar-refractivity contribution < 1.29 is 19.1 Å². The predicted octanol–water partition coefficient (Wildman–Crippen LogP) is 1.47. The highest BCUT2D eigenvalue weighted by Crippen LogP contribution is 2.32. The van der Waals surface area contributed by atoms with Crippen LogP contribution in [0.4, 0.5) is 4.79 Å². The highest BCUT2D eigenvalue weighted by Gasteiger charge is 2.45. The normalized spacial score (nSPS) is 19.9. The van der Waals surface area contributed by atoms with Gasteiger partial charge in [0.15, 0.2) is 0 Å². The van der Waals surface area contributed by atoms with Gasteiger partial charge < -0.3 is 25.0 Å². The second-order valence-electron chi connectivity index (χ2n) is 6.84. The van der Waals surface area contributed by atoms with Crippen LogP contribution in [-0.2, 0) is 4.74 Å². The van der Waals surface area contributed by atoms with Crippen LogP contribution in [0, 0.1) is 0 Å². The second kappa shape index (κ2) is 7.31. The Morgan fingerprint density at radius 2 is 1.96 bits per heavy atom. The van der Waals surface area contributed by atoms with Crippen molar-refractivity contribution in [1.29, 1.82) is 0 Å². The lowest BCUT2D eigenvalue weighted by atomic mass is 9.91. The first kappa shape index (κ1) is 17.5. The van der Waals surface area contributed by atoms with E-state index >= 15 is 0 Å². The van der Waals surface area contributed by atoms with Crippen LogP contribution in [0.2, 0.25) is 0 Å². The Hall–Kier alpha value is -2.28. The molecule has 0 bridgehead atoms. The molecule has 2 amide bonds. The number of carbonyl (C=O) groups is 2. The Bertz CT molecular complexity index is 624. The van der Waals surface area contributed by atoms with Crippen LogP contribution < -0.4 is 10.5 Å². The SMILES string of the molecule is CN1CC2(CCN(CCCOc3ccc(C(N)=O)cc3)CC2)OC1=O. The summed E-state index contributed by atoms with van der Waals surface area (Å²) in [6, 6.07) is 6.86. The van der Waals surface area contributed by atoms with E-state index in [0.717, 1.165) is 44.6 Å². The first-order chi connectivity index (χ1) is 12.0. The Balaban J connectivity index is 1.35. The van der Waals surface area contributed by atoms with Crippen LogP contribution in [0.5, 0.6) is 5.75 Å². The van der Waals surface area contributed by atoms with E-state index in [4.69, 9.17) is 15.2 Å². The number of nitrogens with zero attached hydrogens (tertiary/aromatic N) is 2. The van der Waals surface area contributed by atoms with Crippen molar-refractivity contribution in [3.63, 3.8) is 0 Å². The maximum atomic E-state index is 11.6. The molecule has 7 heteroatoms. The third-order valence-corrected chi connectivity index (χ3v) is 4.93. The molecular formula is C18H25N3O4. The number of benzene rings is 1. The third-order valence-electron chi connectivity index (χ3n) is 4.93.